The number of Topliss-reactive ketones (excluding diaryl/α,β-unsaturated/α-hetero) is 1. The molecule has 0 saturated carbocycles. The Hall–Kier alpha value is -2.30. The van der Waals surface area contributed by atoms with Gasteiger partial charge in [-0.25, -0.2) is 0 Å². The predicted octanol–water partition coefficient (Wildman–Crippen LogP) is 3.89. The zero-order chi connectivity index (χ0) is 15.0. The minimum atomic E-state index is -4.56. The van der Waals surface area contributed by atoms with Crippen LogP contribution in [0.15, 0.2) is 48.5 Å². The van der Waals surface area contributed by atoms with Crippen LogP contribution in [-0.2, 0) is 12.6 Å². The molecule has 0 bridgehead atoms. The fourth-order valence-corrected chi connectivity index (χ4v) is 2.45. The first-order chi connectivity index (χ1) is 9.97. The van der Waals surface area contributed by atoms with Gasteiger partial charge in [0.2, 0.25) is 5.78 Å². The number of halogens is 3. The number of hydrogen-bond donors (Lipinski definition) is 0. The molecule has 5 heteroatoms. The SMILES string of the molecule is O=C(c1ccccc1C(F)(F)F)C1Cc2ccccc2O1. The number of carbonyl (C=O) groups excluding carboxylic acids is 1. The summed E-state index contributed by atoms with van der Waals surface area (Å²) in [5, 5.41) is 0. The lowest BCUT2D eigenvalue weighted by atomic mass is 9.97. The number of benzene rings is 2. The molecular weight excluding hydrogens is 281 g/mol. The molecular formula is C16H11F3O2. The third-order valence-corrected chi connectivity index (χ3v) is 3.44. The molecule has 0 N–H and O–H groups in total. The molecule has 2 nitrogen and oxygen atoms in total. The Balaban J connectivity index is 1.92. The Kier molecular flexibility index (Phi) is 3.20. The monoisotopic (exact) mass is 292 g/mol. The van der Waals surface area contributed by atoms with Crippen molar-refractivity contribution in [2.45, 2.75) is 18.7 Å². The largest absolute Gasteiger partial charge is 0.482 e. The Morgan fingerprint density at radius 1 is 1.05 bits per heavy atom. The van der Waals surface area contributed by atoms with Crippen molar-refractivity contribution >= 4 is 5.78 Å². The lowest BCUT2D eigenvalue weighted by Gasteiger charge is -2.15. The number of ketones is 1. The maximum Gasteiger partial charge on any atom is 0.417 e. The summed E-state index contributed by atoms with van der Waals surface area (Å²) in [5.41, 5.74) is -0.433. The highest BCUT2D eigenvalue weighted by Crippen LogP contribution is 2.35. The normalized spacial score (nSPS) is 17.2. The van der Waals surface area contributed by atoms with E-state index in [2.05, 4.69) is 0 Å². The van der Waals surface area contributed by atoms with Crippen molar-refractivity contribution in [1.29, 1.82) is 0 Å². The second-order valence-electron chi connectivity index (χ2n) is 4.83. The number of rotatable bonds is 2. The van der Waals surface area contributed by atoms with Crippen LogP contribution in [0.1, 0.15) is 21.5 Å². The van der Waals surface area contributed by atoms with Crippen LogP contribution in [-0.4, -0.2) is 11.9 Å². The Morgan fingerprint density at radius 3 is 2.43 bits per heavy atom. The van der Waals surface area contributed by atoms with Crippen molar-refractivity contribution < 1.29 is 22.7 Å². The zero-order valence-corrected chi connectivity index (χ0v) is 10.9. The molecule has 1 aliphatic rings. The van der Waals surface area contributed by atoms with E-state index in [9.17, 15) is 18.0 Å². The third-order valence-electron chi connectivity index (χ3n) is 3.44. The van der Waals surface area contributed by atoms with Crippen LogP contribution in [0.2, 0.25) is 0 Å². The first-order valence-corrected chi connectivity index (χ1v) is 6.42. The minimum absolute atomic E-state index is 0.293. The van der Waals surface area contributed by atoms with E-state index in [0.29, 0.717) is 12.2 Å². The van der Waals surface area contributed by atoms with E-state index in [-0.39, 0.29) is 5.56 Å². The molecule has 1 aliphatic heterocycles. The number of alkyl halides is 3. The van der Waals surface area contributed by atoms with Crippen LogP contribution < -0.4 is 4.74 Å². The summed E-state index contributed by atoms with van der Waals surface area (Å²) in [6.07, 6.45) is -5.16. The number of ether oxygens (including phenoxy) is 1. The van der Waals surface area contributed by atoms with Crippen molar-refractivity contribution in [1.82, 2.24) is 0 Å². The van der Waals surface area contributed by atoms with Gasteiger partial charge in [-0.3, -0.25) is 4.79 Å². The molecule has 0 amide bonds. The highest BCUT2D eigenvalue weighted by atomic mass is 19.4. The van der Waals surface area contributed by atoms with Gasteiger partial charge in [-0.2, -0.15) is 13.2 Å². The van der Waals surface area contributed by atoms with Gasteiger partial charge < -0.3 is 4.74 Å². The van der Waals surface area contributed by atoms with Gasteiger partial charge in [0.15, 0.2) is 6.10 Å². The summed E-state index contributed by atoms with van der Waals surface area (Å²) >= 11 is 0. The fraction of sp³-hybridized carbons (Fsp3) is 0.188. The zero-order valence-electron chi connectivity index (χ0n) is 10.9. The molecule has 0 radical (unpaired) electrons. The van der Waals surface area contributed by atoms with Crippen LogP contribution in [0.5, 0.6) is 5.75 Å². The van der Waals surface area contributed by atoms with Crippen LogP contribution in [0.4, 0.5) is 13.2 Å². The number of carbonyl (C=O) groups is 1. The molecule has 0 aromatic heterocycles. The predicted molar refractivity (Wildman–Crippen MR) is 70.3 cm³/mol. The molecule has 1 atom stereocenters. The summed E-state index contributed by atoms with van der Waals surface area (Å²) in [5.74, 6) is -0.0838. The number of hydrogen-bond acceptors (Lipinski definition) is 2. The lowest BCUT2D eigenvalue weighted by Crippen LogP contribution is -2.27. The summed E-state index contributed by atoms with van der Waals surface area (Å²) in [4.78, 5) is 12.4. The smallest absolute Gasteiger partial charge is 0.417 e. The first-order valence-electron chi connectivity index (χ1n) is 6.42. The second kappa shape index (κ2) is 4.91. The highest BCUT2D eigenvalue weighted by molar-refractivity contribution is 6.01. The van der Waals surface area contributed by atoms with Crippen molar-refractivity contribution in [2.75, 3.05) is 0 Å². The van der Waals surface area contributed by atoms with E-state index >= 15 is 0 Å². The van der Waals surface area contributed by atoms with Crippen LogP contribution in [0.25, 0.3) is 0 Å². The van der Waals surface area contributed by atoms with Gasteiger partial charge >= 0.3 is 6.18 Å². The van der Waals surface area contributed by atoms with E-state index < -0.39 is 23.6 Å². The van der Waals surface area contributed by atoms with Crippen molar-refractivity contribution in [3.05, 3.63) is 65.2 Å². The molecule has 108 valence electrons. The molecule has 1 heterocycles. The third kappa shape index (κ3) is 2.51. The average Bonchev–Trinajstić information content (AvgIpc) is 2.89. The van der Waals surface area contributed by atoms with Crippen LogP contribution >= 0.6 is 0 Å². The van der Waals surface area contributed by atoms with E-state index in [1.165, 1.54) is 18.2 Å². The molecule has 3 rings (SSSR count). The lowest BCUT2D eigenvalue weighted by molar-refractivity contribution is -0.137. The topological polar surface area (TPSA) is 26.3 Å². The molecule has 0 saturated heterocycles. The first kappa shape index (κ1) is 13.7. The summed E-state index contributed by atoms with van der Waals surface area (Å²) in [6, 6.07) is 11.9. The molecule has 0 spiro atoms. The molecule has 0 aliphatic carbocycles. The summed E-state index contributed by atoms with van der Waals surface area (Å²) in [7, 11) is 0. The minimum Gasteiger partial charge on any atom is -0.482 e. The van der Waals surface area contributed by atoms with Crippen molar-refractivity contribution in [3.8, 4) is 5.75 Å². The molecule has 1 unspecified atom stereocenters. The van der Waals surface area contributed by atoms with Gasteiger partial charge in [0.1, 0.15) is 5.75 Å². The van der Waals surface area contributed by atoms with Gasteiger partial charge in [-0.05, 0) is 17.7 Å². The number of fused-ring (bicyclic) bond motifs is 1. The van der Waals surface area contributed by atoms with Gasteiger partial charge in [0, 0.05) is 12.0 Å². The van der Waals surface area contributed by atoms with Gasteiger partial charge in [-0.1, -0.05) is 36.4 Å². The van der Waals surface area contributed by atoms with E-state index in [1.807, 2.05) is 0 Å². The van der Waals surface area contributed by atoms with Crippen molar-refractivity contribution in [3.63, 3.8) is 0 Å². The van der Waals surface area contributed by atoms with Gasteiger partial charge in [0.25, 0.3) is 0 Å². The van der Waals surface area contributed by atoms with E-state index in [0.717, 1.165) is 11.6 Å². The standard InChI is InChI=1S/C16H11F3O2/c17-16(18,19)12-7-3-2-6-11(12)15(20)14-9-10-5-1-4-8-13(10)21-14/h1-8,14H,9H2. The van der Waals surface area contributed by atoms with Gasteiger partial charge in [0.05, 0.1) is 5.56 Å². The van der Waals surface area contributed by atoms with Crippen LogP contribution in [0, 0.1) is 0 Å². The summed E-state index contributed by atoms with van der Waals surface area (Å²) in [6.45, 7) is 0. The average molecular weight is 292 g/mol. The Labute approximate surface area is 119 Å². The van der Waals surface area contributed by atoms with E-state index in [1.54, 1.807) is 24.3 Å². The molecule has 2 aromatic carbocycles. The van der Waals surface area contributed by atoms with Crippen LogP contribution in [0.3, 0.4) is 0 Å². The molecule has 0 fully saturated rings. The van der Waals surface area contributed by atoms with Gasteiger partial charge in [-0.15, -0.1) is 0 Å². The Bertz CT molecular complexity index is 667. The fourth-order valence-electron chi connectivity index (χ4n) is 2.45. The Morgan fingerprint density at radius 2 is 1.71 bits per heavy atom. The van der Waals surface area contributed by atoms with Crippen molar-refractivity contribution in [2.24, 2.45) is 0 Å². The maximum absolute atomic E-state index is 13.0. The molecule has 2 aromatic rings. The molecule has 21 heavy (non-hydrogen) atoms. The maximum atomic E-state index is 13.0. The van der Waals surface area contributed by atoms with E-state index in [4.69, 9.17) is 4.74 Å². The quantitative estimate of drug-likeness (QED) is 0.785. The number of para-hydroxylation sites is 1. The second-order valence-corrected chi connectivity index (χ2v) is 4.83. The highest BCUT2D eigenvalue weighted by Gasteiger charge is 2.38. The summed E-state index contributed by atoms with van der Waals surface area (Å²) < 4.78 is 44.4.